The number of methoxy groups -OCH3 is 1. The zero-order valence-electron chi connectivity index (χ0n) is 11.8. The first-order valence-electron chi connectivity index (χ1n) is 6.46. The molecule has 0 saturated carbocycles. The van der Waals surface area contributed by atoms with Gasteiger partial charge >= 0.3 is 5.97 Å². The molecule has 0 spiro atoms. The lowest BCUT2D eigenvalue weighted by atomic mass is 10.0. The van der Waals surface area contributed by atoms with Crippen molar-refractivity contribution in [1.82, 2.24) is 5.32 Å². The molecule has 7 heteroatoms. The normalized spacial score (nSPS) is 17.2. The molecule has 0 bridgehead atoms. The van der Waals surface area contributed by atoms with Gasteiger partial charge in [0, 0.05) is 12.1 Å². The molecule has 0 radical (unpaired) electrons. The molecule has 1 aromatic rings. The van der Waals surface area contributed by atoms with Crippen LogP contribution in [0.15, 0.2) is 47.7 Å². The molecule has 2 rings (SSSR count). The van der Waals surface area contributed by atoms with E-state index < -0.39 is 10.9 Å². The van der Waals surface area contributed by atoms with Gasteiger partial charge in [-0.1, -0.05) is 18.2 Å². The molecule has 0 fully saturated rings. The molecule has 22 heavy (non-hydrogen) atoms. The SMILES string of the molecule is COC(=O)C1=CC(C#N)=CCC(c2ccc([N+](=O)[O-])cc2)N1. The molecule has 1 aliphatic rings. The largest absolute Gasteiger partial charge is 0.464 e. The van der Waals surface area contributed by atoms with E-state index in [9.17, 15) is 14.9 Å². The number of hydrogen-bond acceptors (Lipinski definition) is 6. The molecule has 0 saturated heterocycles. The Labute approximate surface area is 126 Å². The predicted octanol–water partition coefficient (Wildman–Crippen LogP) is 2.14. The van der Waals surface area contributed by atoms with E-state index in [0.717, 1.165) is 5.56 Å². The van der Waals surface area contributed by atoms with Crippen molar-refractivity contribution in [1.29, 1.82) is 5.26 Å². The summed E-state index contributed by atoms with van der Waals surface area (Å²) in [4.78, 5) is 21.9. The standard InChI is InChI=1S/C15H13N3O4/c1-22-15(19)14-8-10(9-16)2-7-13(17-14)11-3-5-12(6-4-11)18(20)21/h2-6,8,13,17H,7H2,1H3. The fourth-order valence-electron chi connectivity index (χ4n) is 2.10. The van der Waals surface area contributed by atoms with Gasteiger partial charge in [0.2, 0.25) is 0 Å². The number of allylic oxidation sites excluding steroid dienone is 2. The number of nitrogens with zero attached hydrogens (tertiary/aromatic N) is 2. The van der Waals surface area contributed by atoms with E-state index in [1.54, 1.807) is 18.2 Å². The highest BCUT2D eigenvalue weighted by Gasteiger charge is 2.20. The van der Waals surface area contributed by atoms with Crippen LogP contribution in [0, 0.1) is 21.4 Å². The zero-order chi connectivity index (χ0) is 16.1. The van der Waals surface area contributed by atoms with Crippen LogP contribution in [0.25, 0.3) is 0 Å². The maximum Gasteiger partial charge on any atom is 0.354 e. The summed E-state index contributed by atoms with van der Waals surface area (Å²) in [5.74, 6) is -0.574. The predicted molar refractivity (Wildman–Crippen MR) is 77.4 cm³/mol. The third-order valence-corrected chi connectivity index (χ3v) is 3.24. The number of nitrogens with one attached hydrogen (secondary N) is 1. The van der Waals surface area contributed by atoms with Crippen molar-refractivity contribution < 1.29 is 14.5 Å². The van der Waals surface area contributed by atoms with E-state index >= 15 is 0 Å². The minimum atomic E-state index is -0.574. The van der Waals surface area contributed by atoms with Gasteiger partial charge in [-0.25, -0.2) is 4.79 Å². The highest BCUT2D eigenvalue weighted by molar-refractivity contribution is 5.88. The van der Waals surface area contributed by atoms with Crippen LogP contribution in [0.2, 0.25) is 0 Å². The van der Waals surface area contributed by atoms with Crippen LogP contribution < -0.4 is 5.32 Å². The van der Waals surface area contributed by atoms with E-state index in [1.807, 2.05) is 6.07 Å². The fraction of sp³-hybridized carbons (Fsp3) is 0.200. The molecular formula is C15H13N3O4. The summed E-state index contributed by atoms with van der Waals surface area (Å²) in [5.41, 5.74) is 1.30. The summed E-state index contributed by atoms with van der Waals surface area (Å²) in [6.45, 7) is 0. The van der Waals surface area contributed by atoms with Gasteiger partial charge in [-0.05, 0) is 18.1 Å². The Morgan fingerprint density at radius 3 is 2.68 bits per heavy atom. The number of carbonyl (C=O) groups excluding carboxylic acids is 1. The maximum absolute atomic E-state index is 11.7. The molecule has 0 amide bonds. The van der Waals surface area contributed by atoms with Crippen LogP contribution >= 0.6 is 0 Å². The summed E-state index contributed by atoms with van der Waals surface area (Å²) < 4.78 is 4.68. The second-order valence-electron chi connectivity index (χ2n) is 4.60. The van der Waals surface area contributed by atoms with E-state index in [1.165, 1.54) is 25.3 Å². The highest BCUT2D eigenvalue weighted by atomic mass is 16.6. The van der Waals surface area contributed by atoms with Crippen LogP contribution in [-0.2, 0) is 9.53 Å². The fourth-order valence-corrected chi connectivity index (χ4v) is 2.10. The van der Waals surface area contributed by atoms with Crippen molar-refractivity contribution in [2.75, 3.05) is 7.11 Å². The summed E-state index contributed by atoms with van der Waals surface area (Å²) >= 11 is 0. The average Bonchev–Trinajstić information content (AvgIpc) is 2.76. The van der Waals surface area contributed by atoms with Gasteiger partial charge < -0.3 is 10.1 Å². The highest BCUT2D eigenvalue weighted by Crippen LogP contribution is 2.25. The summed E-state index contributed by atoms with van der Waals surface area (Å²) in [7, 11) is 1.26. The number of rotatable bonds is 3. The number of carbonyl (C=O) groups is 1. The lowest BCUT2D eigenvalue weighted by Crippen LogP contribution is -2.25. The summed E-state index contributed by atoms with van der Waals surface area (Å²) in [6, 6.07) is 7.76. The molecule has 0 aliphatic carbocycles. The van der Waals surface area contributed by atoms with E-state index in [2.05, 4.69) is 10.1 Å². The van der Waals surface area contributed by atoms with Crippen LogP contribution in [-0.4, -0.2) is 18.0 Å². The molecule has 1 aliphatic heterocycles. The minimum absolute atomic E-state index is 0.00522. The van der Waals surface area contributed by atoms with Crippen molar-refractivity contribution >= 4 is 11.7 Å². The van der Waals surface area contributed by atoms with Crippen molar-refractivity contribution in [3.8, 4) is 6.07 Å². The molecule has 112 valence electrons. The Morgan fingerprint density at radius 1 is 1.45 bits per heavy atom. The van der Waals surface area contributed by atoms with Crippen LogP contribution in [0.1, 0.15) is 18.0 Å². The minimum Gasteiger partial charge on any atom is -0.464 e. The van der Waals surface area contributed by atoms with E-state index in [4.69, 9.17) is 5.26 Å². The number of nitriles is 1. The quantitative estimate of drug-likeness (QED) is 0.520. The number of nitro groups is 1. The Morgan fingerprint density at radius 2 is 2.14 bits per heavy atom. The topological polar surface area (TPSA) is 105 Å². The molecule has 7 nitrogen and oxygen atoms in total. The van der Waals surface area contributed by atoms with Crippen LogP contribution in [0.3, 0.4) is 0 Å². The summed E-state index contributed by atoms with van der Waals surface area (Å²) in [6.07, 6.45) is 3.60. The molecule has 1 unspecified atom stereocenters. The lowest BCUT2D eigenvalue weighted by Gasteiger charge is -2.18. The number of benzene rings is 1. The van der Waals surface area contributed by atoms with Gasteiger partial charge in [0.15, 0.2) is 0 Å². The molecule has 0 aromatic heterocycles. The summed E-state index contributed by atoms with van der Waals surface area (Å²) in [5, 5.41) is 22.7. The van der Waals surface area contributed by atoms with Crippen molar-refractivity contribution in [2.24, 2.45) is 0 Å². The van der Waals surface area contributed by atoms with Crippen molar-refractivity contribution in [2.45, 2.75) is 12.5 Å². The van der Waals surface area contributed by atoms with Gasteiger partial charge in [0.1, 0.15) is 5.70 Å². The molecule has 1 N–H and O–H groups in total. The number of nitro benzene ring substituents is 1. The van der Waals surface area contributed by atoms with Crippen molar-refractivity contribution in [3.63, 3.8) is 0 Å². The second-order valence-corrected chi connectivity index (χ2v) is 4.60. The molecule has 1 aromatic carbocycles. The number of hydrogen-bond donors (Lipinski definition) is 1. The molecule has 1 heterocycles. The third kappa shape index (κ3) is 3.30. The molecule has 1 atom stereocenters. The first-order valence-corrected chi connectivity index (χ1v) is 6.46. The zero-order valence-corrected chi connectivity index (χ0v) is 11.8. The molecular weight excluding hydrogens is 286 g/mol. The lowest BCUT2D eigenvalue weighted by molar-refractivity contribution is -0.384. The van der Waals surface area contributed by atoms with Gasteiger partial charge in [-0.3, -0.25) is 10.1 Å². The van der Waals surface area contributed by atoms with E-state index in [0.29, 0.717) is 12.0 Å². The first-order chi connectivity index (χ1) is 10.5. The van der Waals surface area contributed by atoms with Crippen LogP contribution in [0.5, 0.6) is 0 Å². The maximum atomic E-state index is 11.7. The Hall–Kier alpha value is -3.14. The van der Waals surface area contributed by atoms with Crippen molar-refractivity contribution in [3.05, 3.63) is 63.4 Å². The second kappa shape index (κ2) is 6.54. The Balaban J connectivity index is 2.30. The van der Waals surface area contributed by atoms with Gasteiger partial charge in [-0.15, -0.1) is 0 Å². The number of ether oxygens (including phenoxy) is 1. The number of non-ortho nitro benzene ring substituents is 1. The Kier molecular flexibility index (Phi) is 4.53. The van der Waals surface area contributed by atoms with Gasteiger partial charge in [0.05, 0.1) is 29.7 Å². The van der Waals surface area contributed by atoms with Crippen LogP contribution in [0.4, 0.5) is 5.69 Å². The van der Waals surface area contributed by atoms with E-state index in [-0.39, 0.29) is 17.4 Å². The van der Waals surface area contributed by atoms with Gasteiger partial charge in [-0.2, -0.15) is 5.26 Å². The monoisotopic (exact) mass is 299 g/mol. The van der Waals surface area contributed by atoms with Gasteiger partial charge in [0.25, 0.3) is 5.69 Å². The first kappa shape index (κ1) is 15.3. The smallest absolute Gasteiger partial charge is 0.354 e. The average molecular weight is 299 g/mol. The number of esters is 1. The Bertz CT molecular complexity index is 698. The third-order valence-electron chi connectivity index (χ3n) is 3.24.